The summed E-state index contributed by atoms with van der Waals surface area (Å²) in [6.07, 6.45) is 7.12. The van der Waals surface area contributed by atoms with Crippen molar-refractivity contribution in [3.05, 3.63) is 54.9 Å². The molecule has 0 spiro atoms. The molecule has 11 nitrogen and oxygen atoms in total. The number of rotatable bonds is 7. The van der Waals surface area contributed by atoms with Gasteiger partial charge in [-0.1, -0.05) is 12.1 Å². The Labute approximate surface area is 239 Å². The fourth-order valence-electron chi connectivity index (χ4n) is 4.96. The van der Waals surface area contributed by atoms with Crippen LogP contribution in [0.25, 0.3) is 10.9 Å². The molecule has 2 bridgehead atoms. The molecule has 216 valence electrons. The third-order valence-corrected chi connectivity index (χ3v) is 7.37. The van der Waals surface area contributed by atoms with E-state index in [1.54, 1.807) is 20.5 Å². The number of carbonyl (C=O) groups excluding carboxylic acids is 1. The molecular formula is C30H37N7O4. The summed E-state index contributed by atoms with van der Waals surface area (Å²) in [5.74, 6) is 4.13. The molecule has 1 aliphatic carbocycles. The first-order valence-electron chi connectivity index (χ1n) is 13.9. The smallest absolute Gasteiger partial charge is 0.204 e. The van der Waals surface area contributed by atoms with Crippen LogP contribution in [0.2, 0.25) is 0 Å². The Hall–Kier alpha value is -4.38. The zero-order chi connectivity index (χ0) is 28.6. The third-order valence-electron chi connectivity index (χ3n) is 7.37. The summed E-state index contributed by atoms with van der Waals surface area (Å²) in [7, 11) is 5.20. The number of aromatic amines is 1. The van der Waals surface area contributed by atoms with Gasteiger partial charge >= 0.3 is 0 Å². The third kappa shape index (κ3) is 6.68. The monoisotopic (exact) mass is 559 g/mol. The number of para-hydroxylation sites is 1. The molecule has 2 aromatic carbocycles. The summed E-state index contributed by atoms with van der Waals surface area (Å²) in [5, 5.41) is 14.7. The molecule has 41 heavy (non-hydrogen) atoms. The fourth-order valence-corrected chi connectivity index (χ4v) is 4.96. The van der Waals surface area contributed by atoms with E-state index in [4.69, 9.17) is 14.2 Å². The van der Waals surface area contributed by atoms with Crippen molar-refractivity contribution < 1.29 is 19.0 Å². The normalized spacial score (nSPS) is 18.9. The van der Waals surface area contributed by atoms with Gasteiger partial charge < -0.3 is 34.5 Å². The lowest BCUT2D eigenvalue weighted by molar-refractivity contribution is -0.108. The minimum atomic E-state index is 0.344. The molecule has 2 saturated heterocycles. The van der Waals surface area contributed by atoms with Crippen molar-refractivity contribution in [1.82, 2.24) is 20.2 Å². The number of benzene rings is 2. The van der Waals surface area contributed by atoms with Crippen molar-refractivity contribution in [3.63, 3.8) is 0 Å². The predicted octanol–water partition coefficient (Wildman–Crippen LogP) is 4.80. The van der Waals surface area contributed by atoms with Gasteiger partial charge in [-0.3, -0.25) is 5.10 Å². The second kappa shape index (κ2) is 13.3. The summed E-state index contributed by atoms with van der Waals surface area (Å²) in [6, 6.07) is 16.4. The van der Waals surface area contributed by atoms with E-state index in [1.165, 1.54) is 0 Å². The van der Waals surface area contributed by atoms with Gasteiger partial charge in [-0.25, -0.2) is 9.97 Å². The molecule has 1 saturated carbocycles. The number of nitrogens with one attached hydrogen (secondary N) is 3. The molecule has 2 aliphatic heterocycles. The molecule has 0 amide bonds. The van der Waals surface area contributed by atoms with E-state index in [2.05, 4.69) is 35.7 Å². The Morgan fingerprint density at radius 1 is 0.951 bits per heavy atom. The number of hydrogen-bond acceptors (Lipinski definition) is 10. The average Bonchev–Trinajstić information content (AvgIpc) is 3.75. The number of morpholine rings is 1. The van der Waals surface area contributed by atoms with Crippen LogP contribution in [0.15, 0.2) is 54.9 Å². The maximum absolute atomic E-state index is 9.57. The minimum absolute atomic E-state index is 0.344. The van der Waals surface area contributed by atoms with E-state index in [1.807, 2.05) is 55.6 Å². The second-order valence-electron chi connectivity index (χ2n) is 10.1. The lowest BCUT2D eigenvalue weighted by Crippen LogP contribution is -2.46. The molecule has 4 heterocycles. The number of ether oxygens (including phenoxy) is 3. The maximum atomic E-state index is 9.57. The van der Waals surface area contributed by atoms with Crippen molar-refractivity contribution >= 4 is 40.3 Å². The van der Waals surface area contributed by atoms with Gasteiger partial charge in [-0.15, -0.1) is 0 Å². The van der Waals surface area contributed by atoms with E-state index < -0.39 is 0 Å². The van der Waals surface area contributed by atoms with Gasteiger partial charge in [0.1, 0.15) is 18.4 Å². The Bertz CT molecular complexity index is 1390. The summed E-state index contributed by atoms with van der Waals surface area (Å²) in [6.45, 7) is 1.47. The molecule has 3 fully saturated rings. The summed E-state index contributed by atoms with van der Waals surface area (Å²) < 4.78 is 16.4. The lowest BCUT2D eigenvalue weighted by Gasteiger charge is -2.36. The van der Waals surface area contributed by atoms with Crippen molar-refractivity contribution in [2.24, 2.45) is 5.92 Å². The molecule has 2 unspecified atom stereocenters. The van der Waals surface area contributed by atoms with Gasteiger partial charge in [0.15, 0.2) is 17.5 Å². The largest absolute Gasteiger partial charge is 0.497 e. The Kier molecular flexibility index (Phi) is 9.15. The summed E-state index contributed by atoms with van der Waals surface area (Å²) in [5.41, 5.74) is 2.07. The number of aromatic nitrogens is 4. The lowest BCUT2D eigenvalue weighted by atomic mass is 10.2. The first kappa shape index (κ1) is 28.2. The van der Waals surface area contributed by atoms with E-state index in [0.717, 1.165) is 73.3 Å². The van der Waals surface area contributed by atoms with Crippen LogP contribution >= 0.6 is 0 Å². The SMILES string of the molecule is CNc1ccc(OC)cc1.COc1c(Nc2n[nH]c3ccccc23)ncnc1N1C2CCC1COC2.O=CC1CC1. The van der Waals surface area contributed by atoms with E-state index >= 15 is 0 Å². The van der Waals surface area contributed by atoms with Crippen LogP contribution in [0.4, 0.5) is 23.1 Å². The van der Waals surface area contributed by atoms with Gasteiger partial charge in [-0.2, -0.15) is 5.10 Å². The summed E-state index contributed by atoms with van der Waals surface area (Å²) >= 11 is 0. The molecule has 2 aromatic heterocycles. The zero-order valence-electron chi connectivity index (χ0n) is 23.7. The van der Waals surface area contributed by atoms with E-state index in [9.17, 15) is 4.79 Å². The van der Waals surface area contributed by atoms with E-state index in [0.29, 0.717) is 35.4 Å². The first-order valence-corrected chi connectivity index (χ1v) is 13.9. The number of H-pyrrole nitrogens is 1. The molecule has 2 atom stereocenters. The number of anilines is 4. The van der Waals surface area contributed by atoms with Crippen molar-refractivity contribution in [1.29, 1.82) is 0 Å². The number of hydrogen-bond donors (Lipinski definition) is 3. The Morgan fingerprint density at radius 3 is 2.29 bits per heavy atom. The van der Waals surface area contributed by atoms with Gasteiger partial charge in [0.2, 0.25) is 5.75 Å². The fraction of sp³-hybridized carbons (Fsp3) is 0.400. The quantitative estimate of drug-likeness (QED) is 0.272. The number of fused-ring (bicyclic) bond motifs is 3. The van der Waals surface area contributed by atoms with Gasteiger partial charge in [0, 0.05) is 24.0 Å². The molecular weight excluding hydrogens is 522 g/mol. The zero-order valence-corrected chi connectivity index (χ0v) is 23.7. The van der Waals surface area contributed by atoms with Crippen LogP contribution in [0.3, 0.4) is 0 Å². The topological polar surface area (TPSA) is 127 Å². The molecule has 11 heteroatoms. The average molecular weight is 560 g/mol. The van der Waals surface area contributed by atoms with Gasteiger partial charge in [0.05, 0.1) is 45.0 Å². The summed E-state index contributed by atoms with van der Waals surface area (Å²) in [4.78, 5) is 20.8. The van der Waals surface area contributed by atoms with Crippen molar-refractivity contribution in [2.75, 3.05) is 50.0 Å². The highest BCUT2D eigenvalue weighted by Crippen LogP contribution is 2.41. The molecule has 7 rings (SSSR count). The van der Waals surface area contributed by atoms with Crippen molar-refractivity contribution in [2.45, 2.75) is 37.8 Å². The van der Waals surface area contributed by atoms with Crippen LogP contribution in [-0.2, 0) is 9.53 Å². The number of carbonyl (C=O) groups is 1. The van der Waals surface area contributed by atoms with Crippen LogP contribution in [0.5, 0.6) is 11.5 Å². The number of nitrogens with zero attached hydrogens (tertiary/aromatic N) is 4. The minimum Gasteiger partial charge on any atom is -0.497 e. The molecule has 3 N–H and O–H groups in total. The van der Waals surface area contributed by atoms with Crippen molar-refractivity contribution in [3.8, 4) is 11.5 Å². The maximum Gasteiger partial charge on any atom is 0.204 e. The highest BCUT2D eigenvalue weighted by molar-refractivity contribution is 5.91. The van der Waals surface area contributed by atoms with Crippen LogP contribution in [0.1, 0.15) is 25.7 Å². The highest BCUT2D eigenvalue weighted by Gasteiger charge is 2.40. The second-order valence-corrected chi connectivity index (χ2v) is 10.1. The standard InChI is InChI=1S/C18H20N6O2.C8H11NO.C4H6O/c1-25-15-17(21-16-13-4-2-3-5-14(13)22-23-16)19-10-20-18(15)24-11-6-7-12(24)9-26-8-11;1-9-7-3-5-8(10-2)6-4-7;5-3-4-1-2-4/h2-5,10-12H,6-9H2,1H3,(H2,19,20,21,22,23);3-6,9H,1-2H3;3-4H,1-2H2. The molecule has 4 aromatic rings. The van der Waals surface area contributed by atoms with Crippen LogP contribution < -0.4 is 25.0 Å². The molecule has 0 radical (unpaired) electrons. The van der Waals surface area contributed by atoms with Crippen LogP contribution in [-0.4, -0.2) is 73.0 Å². The van der Waals surface area contributed by atoms with Gasteiger partial charge in [-0.05, 0) is 62.1 Å². The molecule has 3 aliphatic rings. The van der Waals surface area contributed by atoms with Gasteiger partial charge in [0.25, 0.3) is 0 Å². The van der Waals surface area contributed by atoms with Crippen LogP contribution in [0, 0.1) is 5.92 Å². The highest BCUT2D eigenvalue weighted by atomic mass is 16.5. The predicted molar refractivity (Wildman–Crippen MR) is 159 cm³/mol. The number of aldehydes is 1. The number of methoxy groups -OCH3 is 2. The van der Waals surface area contributed by atoms with E-state index in [-0.39, 0.29) is 0 Å². The first-order chi connectivity index (χ1) is 20.1. The Balaban J connectivity index is 0.000000185. The Morgan fingerprint density at radius 2 is 1.68 bits per heavy atom.